The van der Waals surface area contributed by atoms with Crippen LogP contribution < -0.4 is 51.2 Å². The molecule has 0 unspecified atom stereocenters. The number of alkyl halides is 1. The predicted octanol–water partition coefficient (Wildman–Crippen LogP) is 15.7. The average Bonchev–Trinajstić information content (AvgIpc) is 1.63. The van der Waals surface area contributed by atoms with Crippen molar-refractivity contribution in [2.75, 3.05) is 64.5 Å². The Balaban J connectivity index is 0.000000190. The van der Waals surface area contributed by atoms with E-state index in [2.05, 4.69) is 213 Å². The van der Waals surface area contributed by atoms with Gasteiger partial charge in [-0.05, 0) is 53.5 Å². The van der Waals surface area contributed by atoms with E-state index in [-0.39, 0.29) is 182 Å². The number of ether oxygens (including phenoxy) is 1. The average molecular weight is 2480 g/mol. The minimum absolute atomic E-state index is 0. The first-order valence-electron chi connectivity index (χ1n) is 32.6. The fraction of sp³-hybridized carbons (Fsp3) is 0.101. The van der Waals surface area contributed by atoms with Crippen LogP contribution in [0.15, 0.2) is 156 Å². The summed E-state index contributed by atoms with van der Waals surface area (Å²) in [6, 6.07) is 29.9. The van der Waals surface area contributed by atoms with Crippen LogP contribution in [0.2, 0.25) is 0 Å². The number of nitrogen functional groups attached to an aromatic ring is 8. The van der Waals surface area contributed by atoms with Gasteiger partial charge in [0.25, 0.3) is 0 Å². The van der Waals surface area contributed by atoms with Gasteiger partial charge in [-0.25, -0.2) is 108 Å². The molecule has 1 amide bonds. The number of benzene rings is 4. The number of aromatic nitrogens is 18. The first-order valence-corrected chi connectivity index (χ1v) is 57.3. The molecule has 18 N–H and O–H groups in total. The summed E-state index contributed by atoms with van der Waals surface area (Å²) in [6.07, 6.45) is 3.38. The number of nitrogens with zero attached hydrogens (tertiary/aromatic N) is 20. The first kappa shape index (κ1) is 94.7. The molecule has 0 radical (unpaired) electrons. The summed E-state index contributed by atoms with van der Waals surface area (Å²) in [7, 11) is 3.26. The van der Waals surface area contributed by atoms with Crippen LogP contribution in [-0.2, 0) is 45.3 Å². The standard InChI is InChI=1S/C19H16F2N8O2.C18H15F2N9.C17H14F2N8.C14H11F2N5.CH3I.6HI.2V/c1-31-19(30)25-14-15(22)26-17(27-16(14)23)13-11-6-10(20)7-24-18(11)29(28-13)8-9-4-2-3-5-12(9)21;1-23-27-14-15(21)25-17(26-16(14)22)13-11-6-10(19)7-24-18(11)29(28-13)8-9-4-2-3-5-12(9)20;18-9-5-10-13(16-24-14(21)12(20)15(22)25-16)26-27(17(10)23-6-9)7-8-3-1-2-4-11(8)19;15-9-5-10-12(13(17)18)20-21(14(10)19-6-9)7-8-3-1-2-4-11(8)16;1-2;;;;;;;;/h2-7H,8H2,1H3,(H,25,30)(H4,22,23,26,27);2-7H,8H2,1H3,(H4,21,22,25,26);1-6H,7,20H2,(H4,21,22,24,25);1-6H,7H2,(H3,17,18);1H3;6*1H;;/q;;;;;;;;;;;+2;+3/p-5. The van der Waals surface area contributed by atoms with Crippen LogP contribution in [0.1, 0.15) is 27.9 Å². The van der Waals surface area contributed by atoms with Crippen molar-refractivity contribution in [3.8, 4) is 34.6 Å². The van der Waals surface area contributed by atoms with Crippen molar-refractivity contribution in [1.82, 2.24) is 89.0 Å². The normalized spacial score (nSPS) is 10.7. The predicted molar refractivity (Wildman–Crippen MR) is 489 cm³/mol. The Hall–Kier alpha value is -8.74. The Bertz CT molecular complexity index is 6070. The van der Waals surface area contributed by atoms with Crippen LogP contribution in [-0.4, -0.2) is 120 Å². The molecule has 118 heavy (non-hydrogen) atoms. The molecule has 15 aromatic rings. The van der Waals surface area contributed by atoms with Crippen LogP contribution >= 0.6 is 146 Å². The van der Waals surface area contributed by atoms with E-state index in [1.165, 1.54) is 81.4 Å². The molecule has 49 heteroatoms. The second-order valence-corrected chi connectivity index (χ2v) is 70.3. The molecular weight excluding hydrogens is 2420 g/mol. The molecule has 0 aliphatic heterocycles. The summed E-state index contributed by atoms with van der Waals surface area (Å²) in [5.74, 6) is -4.34. The van der Waals surface area contributed by atoms with Gasteiger partial charge in [-0.1, -0.05) is 95.4 Å². The van der Waals surface area contributed by atoms with E-state index < -0.39 is 35.2 Å². The summed E-state index contributed by atoms with van der Waals surface area (Å²) in [5, 5.41) is 35.9. The molecule has 0 spiro atoms. The second-order valence-electron chi connectivity index (χ2n) is 23.2. The molecule has 0 bridgehead atoms. The van der Waals surface area contributed by atoms with Crippen molar-refractivity contribution in [1.29, 1.82) is 5.41 Å². The van der Waals surface area contributed by atoms with E-state index in [0.29, 0.717) is 64.8 Å². The maximum absolute atomic E-state index is 14.1. The van der Waals surface area contributed by atoms with Crippen molar-refractivity contribution in [2.24, 2.45) is 16.0 Å². The van der Waals surface area contributed by atoms with E-state index >= 15 is 0 Å². The number of rotatable bonds is 14. The van der Waals surface area contributed by atoms with Crippen LogP contribution in [0, 0.1) is 51.9 Å². The molecular formula is C69H60F8I7N30O2V2. The monoisotopic (exact) mass is 2480 g/mol. The van der Waals surface area contributed by atoms with Crippen molar-refractivity contribution < 1.29 is 59.0 Å². The van der Waals surface area contributed by atoms with Crippen LogP contribution in [0.25, 0.3) is 78.7 Å². The third-order valence-electron chi connectivity index (χ3n) is 15.7. The molecule has 613 valence electrons. The maximum atomic E-state index is 14.1. The van der Waals surface area contributed by atoms with Crippen molar-refractivity contribution in [3.05, 3.63) is 221 Å². The summed E-state index contributed by atoms with van der Waals surface area (Å²) in [4.78, 5) is 54.1. The molecule has 0 saturated heterocycles. The van der Waals surface area contributed by atoms with Gasteiger partial charge < -0.3 is 50.6 Å². The molecule has 0 aliphatic rings. The fourth-order valence-corrected chi connectivity index (χ4v) is 10.7. The number of hydrogen-bond donors (Lipinski definition) is 10. The van der Waals surface area contributed by atoms with Crippen molar-refractivity contribution in [2.45, 2.75) is 26.2 Å². The van der Waals surface area contributed by atoms with E-state index in [1.807, 2.05) is 4.93 Å². The molecule has 0 atom stereocenters. The van der Waals surface area contributed by atoms with E-state index in [4.69, 9.17) is 51.3 Å². The van der Waals surface area contributed by atoms with Crippen LogP contribution in [0.3, 0.4) is 0 Å². The Morgan fingerprint density at radius 1 is 0.483 bits per heavy atom. The quantitative estimate of drug-likeness (QED) is 0.0121. The molecule has 11 aromatic heterocycles. The zero-order chi connectivity index (χ0) is 85.1. The summed E-state index contributed by atoms with van der Waals surface area (Å²) in [5.41, 5.74) is 50.0. The molecule has 4 aromatic carbocycles. The van der Waals surface area contributed by atoms with Gasteiger partial charge in [-0.15, -0.1) is 29.1 Å². The molecule has 11 heterocycles. The fourth-order valence-electron chi connectivity index (χ4n) is 10.7. The third-order valence-corrected chi connectivity index (χ3v) is 15.7. The zero-order valence-corrected chi connectivity index (χ0v) is 78.7. The van der Waals surface area contributed by atoms with Crippen molar-refractivity contribution >= 4 is 254 Å². The SMILES string of the molecule is CI.CN=Nc1c(N)nc(-c2nn(Cc3ccccc3F)c3ncc(F)cc23)nc1N.COC(=O)Nc1c(N)nc(-c2nn(Cc3ccccc3F)c3ncc(F)cc23)nc1N.I.N=C(N)c1nn(Cc2ccccc2F)c2ncc(F)cc12.Nc1nc(-c2nn(Cc3ccccc3F)c3ncc(F)cc23)nc(N)c1N.[I][V]([I])[I].[I][V][I]. The van der Waals surface area contributed by atoms with Gasteiger partial charge in [-0.2, -0.15) is 25.5 Å². The number of carbonyl (C=O) groups excluding carboxylic acids is 1. The van der Waals surface area contributed by atoms with Gasteiger partial charge in [-0.3, -0.25) is 10.7 Å². The van der Waals surface area contributed by atoms with Gasteiger partial charge in [0.05, 0.1) is 79.6 Å². The number of nitrogens with one attached hydrogen (secondary N) is 2. The third kappa shape index (κ3) is 24.1. The zero-order valence-electron chi connectivity index (χ0n) is 60.7. The van der Waals surface area contributed by atoms with Gasteiger partial charge in [0, 0.05) is 29.3 Å². The van der Waals surface area contributed by atoms with Gasteiger partial charge >= 0.3 is 120 Å². The number of methoxy groups -OCH3 is 1. The summed E-state index contributed by atoms with van der Waals surface area (Å²) < 4.78 is 121. The van der Waals surface area contributed by atoms with Gasteiger partial charge in [0.1, 0.15) is 86.5 Å². The Morgan fingerprint density at radius 3 is 1.04 bits per heavy atom. The number of amidine groups is 1. The first-order chi connectivity index (χ1) is 56.0. The number of carbonyl (C=O) groups is 1. The molecule has 0 saturated carbocycles. The number of hydrogen-bond acceptors (Lipinski definition) is 26. The summed E-state index contributed by atoms with van der Waals surface area (Å²) in [6.45, 7) is 0.320. The van der Waals surface area contributed by atoms with E-state index in [0.717, 1.165) is 24.8 Å². The number of nitrogens with two attached hydrogens (primary N) is 8. The van der Waals surface area contributed by atoms with E-state index in [1.54, 1.807) is 72.8 Å². The van der Waals surface area contributed by atoms with E-state index in [9.17, 15) is 39.9 Å². The van der Waals surface area contributed by atoms with Crippen molar-refractivity contribution in [3.63, 3.8) is 0 Å². The number of fused-ring (bicyclic) bond motifs is 4. The second kappa shape index (κ2) is 44.5. The Labute approximate surface area is 760 Å². The Morgan fingerprint density at radius 2 is 0.754 bits per heavy atom. The van der Waals surface area contributed by atoms with Crippen LogP contribution in [0.4, 0.5) is 91.9 Å². The molecule has 0 aliphatic carbocycles. The van der Waals surface area contributed by atoms with Crippen LogP contribution in [0.5, 0.6) is 0 Å². The number of azo groups is 1. The molecule has 32 nitrogen and oxygen atoms in total. The number of anilines is 8. The van der Waals surface area contributed by atoms with Gasteiger partial charge in [0.15, 0.2) is 80.7 Å². The molecule has 0 fully saturated rings. The number of halogens is 15. The molecule has 15 rings (SSSR count). The summed E-state index contributed by atoms with van der Waals surface area (Å²) >= 11 is 14.3. The Kier molecular flexibility index (Phi) is 35.7. The minimum atomic E-state index is -0.805. The van der Waals surface area contributed by atoms with Gasteiger partial charge in [0.2, 0.25) is 0 Å². The number of amides is 1. The number of pyridine rings is 4. The topological polar surface area (TPSA) is 495 Å².